The summed E-state index contributed by atoms with van der Waals surface area (Å²) in [4.78, 5) is 0. The minimum absolute atomic E-state index is 0.731. The maximum Gasteiger partial charge on any atom is 0.119 e. The highest BCUT2D eigenvalue weighted by atomic mass is 16.5. The Hall–Kier alpha value is -2.22. The summed E-state index contributed by atoms with van der Waals surface area (Å²) in [5.41, 5.74) is 2.36. The van der Waals surface area contributed by atoms with Crippen molar-refractivity contribution >= 4 is 0 Å². The van der Waals surface area contributed by atoms with Crippen LogP contribution in [-0.4, -0.2) is 13.2 Å². The van der Waals surface area contributed by atoms with Crippen LogP contribution < -0.4 is 9.47 Å². The molecule has 0 atom stereocenters. The lowest BCUT2D eigenvalue weighted by Gasteiger charge is -2.08. The second-order valence-electron chi connectivity index (χ2n) is 5.18. The molecule has 0 aliphatic carbocycles. The van der Waals surface area contributed by atoms with Crippen molar-refractivity contribution in [1.29, 1.82) is 0 Å². The monoisotopic (exact) mass is 296 g/mol. The van der Waals surface area contributed by atoms with Crippen molar-refractivity contribution in [3.8, 4) is 22.6 Å². The number of ether oxygens (including phenoxy) is 2. The highest BCUT2D eigenvalue weighted by Crippen LogP contribution is 2.24. The van der Waals surface area contributed by atoms with Gasteiger partial charge in [-0.1, -0.05) is 37.3 Å². The molecule has 0 aliphatic heterocycles. The minimum atomic E-state index is 0.731. The molecule has 0 saturated heterocycles. The number of rotatable bonds is 9. The molecule has 0 heterocycles. The molecule has 0 unspecified atom stereocenters. The van der Waals surface area contributed by atoms with E-state index in [9.17, 15) is 0 Å². The lowest BCUT2D eigenvalue weighted by Crippen LogP contribution is -1.96. The highest BCUT2D eigenvalue weighted by Gasteiger charge is 2.00. The first-order valence-corrected chi connectivity index (χ1v) is 7.90. The first-order chi connectivity index (χ1) is 10.8. The molecule has 116 valence electrons. The van der Waals surface area contributed by atoms with Crippen molar-refractivity contribution in [1.82, 2.24) is 0 Å². The van der Waals surface area contributed by atoms with Crippen LogP contribution in [0, 0.1) is 0 Å². The smallest absolute Gasteiger partial charge is 0.119 e. The van der Waals surface area contributed by atoms with Gasteiger partial charge >= 0.3 is 0 Å². The lowest BCUT2D eigenvalue weighted by atomic mass is 10.1. The van der Waals surface area contributed by atoms with Gasteiger partial charge in [-0.3, -0.25) is 0 Å². The van der Waals surface area contributed by atoms with Crippen LogP contribution in [0.3, 0.4) is 0 Å². The molecule has 2 nitrogen and oxygen atoms in total. The van der Waals surface area contributed by atoms with Crippen molar-refractivity contribution in [3.63, 3.8) is 0 Å². The van der Waals surface area contributed by atoms with Gasteiger partial charge < -0.3 is 9.47 Å². The van der Waals surface area contributed by atoms with Crippen molar-refractivity contribution in [2.24, 2.45) is 0 Å². The first kappa shape index (κ1) is 16.2. The Labute approximate surface area is 133 Å². The van der Waals surface area contributed by atoms with Crippen LogP contribution in [0.15, 0.2) is 61.2 Å². The van der Waals surface area contributed by atoms with Gasteiger partial charge in [-0.15, -0.1) is 6.58 Å². The van der Waals surface area contributed by atoms with E-state index in [1.165, 1.54) is 11.1 Å². The Kier molecular flexibility index (Phi) is 6.56. The van der Waals surface area contributed by atoms with E-state index in [-0.39, 0.29) is 0 Å². The molecular weight excluding hydrogens is 272 g/mol. The molecule has 2 aromatic carbocycles. The highest BCUT2D eigenvalue weighted by molar-refractivity contribution is 5.64. The standard InChI is InChI=1S/C20H24O2/c1-3-5-6-16-22-20-13-9-18(10-14-20)17-7-11-19(12-8-17)21-15-4-2/h3,7-14H,1,4-6,15-16H2,2H3. The van der Waals surface area contributed by atoms with Gasteiger partial charge in [0.05, 0.1) is 13.2 Å². The average molecular weight is 296 g/mol. The Balaban J connectivity index is 1.93. The van der Waals surface area contributed by atoms with Crippen molar-refractivity contribution in [2.45, 2.75) is 26.2 Å². The maximum absolute atomic E-state index is 5.69. The quantitative estimate of drug-likeness (QED) is 0.450. The van der Waals surface area contributed by atoms with Crippen LogP contribution >= 0.6 is 0 Å². The van der Waals surface area contributed by atoms with E-state index >= 15 is 0 Å². The first-order valence-electron chi connectivity index (χ1n) is 7.90. The van der Waals surface area contributed by atoms with Crippen LogP contribution in [0.25, 0.3) is 11.1 Å². The van der Waals surface area contributed by atoms with Gasteiger partial charge in [0.25, 0.3) is 0 Å². The van der Waals surface area contributed by atoms with Gasteiger partial charge in [-0.25, -0.2) is 0 Å². The molecule has 0 aromatic heterocycles. The third-order valence-electron chi connectivity index (χ3n) is 3.34. The molecule has 0 N–H and O–H groups in total. The van der Waals surface area contributed by atoms with E-state index in [1.54, 1.807) is 0 Å². The number of hydrogen-bond donors (Lipinski definition) is 0. The molecule has 0 saturated carbocycles. The molecule has 0 aliphatic rings. The Bertz CT molecular complexity index is 555. The summed E-state index contributed by atoms with van der Waals surface area (Å²) in [7, 11) is 0. The number of allylic oxidation sites excluding steroid dienone is 1. The van der Waals surface area contributed by atoms with Crippen LogP contribution in [0.1, 0.15) is 26.2 Å². The zero-order valence-electron chi connectivity index (χ0n) is 13.3. The molecule has 22 heavy (non-hydrogen) atoms. The summed E-state index contributed by atoms with van der Waals surface area (Å²) in [6.07, 6.45) is 4.94. The van der Waals surface area contributed by atoms with Gasteiger partial charge in [0.1, 0.15) is 11.5 Å². The molecule has 0 bridgehead atoms. The largest absolute Gasteiger partial charge is 0.494 e. The fourth-order valence-electron chi connectivity index (χ4n) is 2.12. The van der Waals surface area contributed by atoms with Crippen LogP contribution in [0.4, 0.5) is 0 Å². The van der Waals surface area contributed by atoms with E-state index in [2.05, 4.69) is 37.8 Å². The zero-order chi connectivity index (χ0) is 15.6. The van der Waals surface area contributed by atoms with Crippen molar-refractivity contribution in [3.05, 3.63) is 61.2 Å². The Morgan fingerprint density at radius 3 is 1.77 bits per heavy atom. The predicted molar refractivity (Wildman–Crippen MR) is 92.6 cm³/mol. The van der Waals surface area contributed by atoms with Crippen molar-refractivity contribution in [2.75, 3.05) is 13.2 Å². The maximum atomic E-state index is 5.69. The summed E-state index contributed by atoms with van der Waals surface area (Å²) < 4.78 is 11.3. The minimum Gasteiger partial charge on any atom is -0.494 e. The summed E-state index contributed by atoms with van der Waals surface area (Å²) in [5.74, 6) is 1.84. The molecule has 0 fully saturated rings. The van der Waals surface area contributed by atoms with Crippen LogP contribution in [0.5, 0.6) is 11.5 Å². The molecule has 0 radical (unpaired) electrons. The zero-order valence-corrected chi connectivity index (χ0v) is 13.3. The van der Waals surface area contributed by atoms with Crippen LogP contribution in [-0.2, 0) is 0 Å². The van der Waals surface area contributed by atoms with Gasteiger partial charge in [0.2, 0.25) is 0 Å². The SMILES string of the molecule is C=CCCCOc1ccc(-c2ccc(OCCC)cc2)cc1. The predicted octanol–water partition coefficient (Wildman–Crippen LogP) is 5.49. The third-order valence-corrected chi connectivity index (χ3v) is 3.34. The van der Waals surface area contributed by atoms with Crippen molar-refractivity contribution < 1.29 is 9.47 Å². The molecule has 2 aromatic rings. The molecule has 0 spiro atoms. The Morgan fingerprint density at radius 1 is 0.818 bits per heavy atom. The average Bonchev–Trinajstić information content (AvgIpc) is 2.58. The normalized spacial score (nSPS) is 10.2. The lowest BCUT2D eigenvalue weighted by molar-refractivity contribution is 0.312. The molecule has 2 rings (SSSR count). The second kappa shape index (κ2) is 8.93. The Morgan fingerprint density at radius 2 is 1.32 bits per heavy atom. The van der Waals surface area contributed by atoms with E-state index in [0.29, 0.717) is 0 Å². The van der Waals surface area contributed by atoms with Gasteiger partial charge in [-0.05, 0) is 54.7 Å². The third kappa shape index (κ3) is 4.96. The molecule has 2 heteroatoms. The second-order valence-corrected chi connectivity index (χ2v) is 5.18. The fourth-order valence-corrected chi connectivity index (χ4v) is 2.12. The number of hydrogen-bond acceptors (Lipinski definition) is 2. The number of benzene rings is 2. The van der Waals surface area contributed by atoms with Gasteiger partial charge in [0.15, 0.2) is 0 Å². The van der Waals surface area contributed by atoms with Gasteiger partial charge in [-0.2, -0.15) is 0 Å². The summed E-state index contributed by atoms with van der Waals surface area (Å²) in [6, 6.07) is 16.4. The van der Waals surface area contributed by atoms with E-state index in [4.69, 9.17) is 9.47 Å². The molecule has 0 amide bonds. The van der Waals surface area contributed by atoms with Crippen LogP contribution in [0.2, 0.25) is 0 Å². The summed E-state index contributed by atoms with van der Waals surface area (Å²) in [5, 5.41) is 0. The summed E-state index contributed by atoms with van der Waals surface area (Å²) >= 11 is 0. The van der Waals surface area contributed by atoms with E-state index in [0.717, 1.165) is 44.0 Å². The van der Waals surface area contributed by atoms with Gasteiger partial charge in [0, 0.05) is 0 Å². The van der Waals surface area contributed by atoms with E-state index < -0.39 is 0 Å². The molecular formula is C20H24O2. The summed E-state index contributed by atoms with van der Waals surface area (Å²) in [6.45, 7) is 7.31. The van der Waals surface area contributed by atoms with E-state index in [1.807, 2.05) is 30.3 Å². The topological polar surface area (TPSA) is 18.5 Å². The fraction of sp³-hybridized carbons (Fsp3) is 0.300. The number of unbranched alkanes of at least 4 members (excludes halogenated alkanes) is 1.